The number of hydrogen-bond donors (Lipinski definition) is 1. The van der Waals surface area contributed by atoms with Gasteiger partial charge in [0.1, 0.15) is 0 Å². The minimum Gasteiger partial charge on any atom is -0.319 e. The molecule has 0 aromatic heterocycles. The molecule has 3 nitrogen and oxygen atoms in total. The van der Waals surface area contributed by atoms with E-state index < -0.39 is 0 Å². The predicted molar refractivity (Wildman–Crippen MR) is 85.1 cm³/mol. The van der Waals surface area contributed by atoms with Gasteiger partial charge in [0.2, 0.25) is 0 Å². The monoisotopic (exact) mass is 279 g/mol. The zero-order chi connectivity index (χ0) is 13.8. The summed E-state index contributed by atoms with van der Waals surface area (Å²) in [6, 6.07) is 0.868. The number of fused-ring (bicyclic) bond motifs is 1. The van der Waals surface area contributed by atoms with Crippen LogP contribution >= 0.6 is 0 Å². The van der Waals surface area contributed by atoms with E-state index in [9.17, 15) is 0 Å². The fourth-order valence-corrected chi connectivity index (χ4v) is 4.91. The van der Waals surface area contributed by atoms with Crippen molar-refractivity contribution >= 4 is 0 Å². The third-order valence-electron chi connectivity index (χ3n) is 5.95. The maximum atomic E-state index is 3.49. The quantitative estimate of drug-likeness (QED) is 0.852. The highest BCUT2D eigenvalue weighted by Gasteiger charge is 2.36. The van der Waals surface area contributed by atoms with Crippen molar-refractivity contribution in [1.82, 2.24) is 15.1 Å². The summed E-state index contributed by atoms with van der Waals surface area (Å²) in [5, 5.41) is 3.49. The summed E-state index contributed by atoms with van der Waals surface area (Å²) in [6.45, 7) is 7.89. The van der Waals surface area contributed by atoms with E-state index in [1.807, 2.05) is 0 Å². The van der Waals surface area contributed by atoms with Crippen LogP contribution in [0, 0.1) is 5.41 Å². The highest BCUT2D eigenvalue weighted by atomic mass is 15.3. The second-order valence-corrected chi connectivity index (χ2v) is 7.51. The van der Waals surface area contributed by atoms with E-state index in [-0.39, 0.29) is 0 Å². The number of piperazine rings is 1. The molecule has 20 heavy (non-hydrogen) atoms. The van der Waals surface area contributed by atoms with Crippen molar-refractivity contribution in [2.24, 2.45) is 5.41 Å². The second-order valence-electron chi connectivity index (χ2n) is 7.51. The van der Waals surface area contributed by atoms with Crippen LogP contribution in [0.3, 0.4) is 0 Å². The van der Waals surface area contributed by atoms with Crippen LogP contribution < -0.4 is 5.32 Å². The summed E-state index contributed by atoms with van der Waals surface area (Å²) in [5.74, 6) is 0. The van der Waals surface area contributed by atoms with E-state index in [1.165, 1.54) is 90.6 Å². The van der Waals surface area contributed by atoms with Crippen LogP contribution in [0.15, 0.2) is 0 Å². The molecule has 116 valence electrons. The van der Waals surface area contributed by atoms with Gasteiger partial charge in [-0.3, -0.25) is 9.80 Å². The van der Waals surface area contributed by atoms with Gasteiger partial charge in [0, 0.05) is 38.8 Å². The molecule has 0 spiro atoms. The number of hydrogen-bond acceptors (Lipinski definition) is 3. The van der Waals surface area contributed by atoms with Gasteiger partial charge in [0.05, 0.1) is 0 Å². The van der Waals surface area contributed by atoms with Crippen molar-refractivity contribution < 1.29 is 0 Å². The SMILES string of the molecule is CNCC1(CN2CCN3CCCCC3C2)CCCCC1. The van der Waals surface area contributed by atoms with Gasteiger partial charge >= 0.3 is 0 Å². The molecular formula is C17H33N3. The molecule has 1 atom stereocenters. The summed E-state index contributed by atoms with van der Waals surface area (Å²) in [5.41, 5.74) is 0.573. The Balaban J connectivity index is 1.58. The number of nitrogens with zero attached hydrogens (tertiary/aromatic N) is 2. The average Bonchev–Trinajstić information content (AvgIpc) is 2.48. The maximum Gasteiger partial charge on any atom is 0.0223 e. The molecule has 1 N–H and O–H groups in total. The van der Waals surface area contributed by atoms with Crippen LogP contribution in [-0.4, -0.2) is 62.2 Å². The summed E-state index contributed by atoms with van der Waals surface area (Å²) in [7, 11) is 2.13. The van der Waals surface area contributed by atoms with Crippen molar-refractivity contribution in [2.45, 2.75) is 57.4 Å². The molecule has 3 fully saturated rings. The Morgan fingerprint density at radius 3 is 2.65 bits per heavy atom. The minimum absolute atomic E-state index is 0.573. The third kappa shape index (κ3) is 3.37. The molecule has 3 rings (SSSR count). The predicted octanol–water partition coefficient (Wildman–Crippen LogP) is 2.33. The first-order valence-electron chi connectivity index (χ1n) is 8.92. The molecule has 1 saturated carbocycles. The molecule has 1 unspecified atom stereocenters. The van der Waals surface area contributed by atoms with E-state index >= 15 is 0 Å². The topological polar surface area (TPSA) is 18.5 Å². The van der Waals surface area contributed by atoms with Crippen molar-refractivity contribution in [3.8, 4) is 0 Å². The molecule has 0 aromatic carbocycles. The minimum atomic E-state index is 0.573. The van der Waals surface area contributed by atoms with Crippen LogP contribution in [0.2, 0.25) is 0 Å². The van der Waals surface area contributed by atoms with Crippen molar-refractivity contribution in [3.05, 3.63) is 0 Å². The fourth-order valence-electron chi connectivity index (χ4n) is 4.91. The molecule has 3 aliphatic rings. The zero-order valence-electron chi connectivity index (χ0n) is 13.4. The zero-order valence-corrected chi connectivity index (χ0v) is 13.4. The van der Waals surface area contributed by atoms with Gasteiger partial charge in [-0.05, 0) is 44.7 Å². The number of rotatable bonds is 4. The van der Waals surface area contributed by atoms with E-state index in [4.69, 9.17) is 0 Å². The van der Waals surface area contributed by atoms with Gasteiger partial charge in [-0.15, -0.1) is 0 Å². The van der Waals surface area contributed by atoms with E-state index in [1.54, 1.807) is 0 Å². The van der Waals surface area contributed by atoms with E-state index in [2.05, 4.69) is 22.2 Å². The Morgan fingerprint density at radius 2 is 1.85 bits per heavy atom. The third-order valence-corrected chi connectivity index (χ3v) is 5.95. The molecule has 0 amide bonds. The summed E-state index contributed by atoms with van der Waals surface area (Å²) in [4.78, 5) is 5.56. The largest absolute Gasteiger partial charge is 0.319 e. The van der Waals surface area contributed by atoms with Crippen LogP contribution in [-0.2, 0) is 0 Å². The Hall–Kier alpha value is -0.120. The molecule has 0 bridgehead atoms. The lowest BCUT2D eigenvalue weighted by Gasteiger charge is -2.48. The van der Waals surface area contributed by atoms with Gasteiger partial charge in [-0.2, -0.15) is 0 Å². The molecule has 0 aromatic rings. The van der Waals surface area contributed by atoms with Crippen LogP contribution in [0.25, 0.3) is 0 Å². The summed E-state index contributed by atoms with van der Waals surface area (Å²) in [6.07, 6.45) is 11.6. The molecular weight excluding hydrogens is 246 g/mol. The van der Waals surface area contributed by atoms with Gasteiger partial charge < -0.3 is 5.32 Å². The smallest absolute Gasteiger partial charge is 0.0223 e. The van der Waals surface area contributed by atoms with Crippen LogP contribution in [0.1, 0.15) is 51.4 Å². The Kier molecular flexibility index (Phi) is 5.00. The molecule has 2 aliphatic heterocycles. The van der Waals surface area contributed by atoms with Crippen LogP contribution in [0.5, 0.6) is 0 Å². The standard InChI is InChI=1S/C17H33N3/c1-18-14-17(8-4-2-5-9-17)15-19-11-12-20-10-6-3-7-16(20)13-19/h16,18H,2-15H2,1H3. The molecule has 2 heterocycles. The first kappa shape index (κ1) is 14.8. The first-order valence-corrected chi connectivity index (χ1v) is 8.92. The van der Waals surface area contributed by atoms with Gasteiger partial charge in [-0.25, -0.2) is 0 Å². The number of piperidine rings is 1. The van der Waals surface area contributed by atoms with Crippen molar-refractivity contribution in [1.29, 1.82) is 0 Å². The van der Waals surface area contributed by atoms with Crippen molar-refractivity contribution in [3.63, 3.8) is 0 Å². The lowest BCUT2D eigenvalue weighted by atomic mass is 9.73. The van der Waals surface area contributed by atoms with Crippen molar-refractivity contribution in [2.75, 3.05) is 46.3 Å². The number of nitrogens with one attached hydrogen (secondary N) is 1. The highest BCUT2D eigenvalue weighted by Crippen LogP contribution is 2.37. The molecule has 3 heteroatoms. The lowest BCUT2D eigenvalue weighted by Crippen LogP contribution is -2.57. The second kappa shape index (κ2) is 6.76. The summed E-state index contributed by atoms with van der Waals surface area (Å²) >= 11 is 0. The molecule has 1 aliphatic carbocycles. The van der Waals surface area contributed by atoms with Crippen LogP contribution in [0.4, 0.5) is 0 Å². The highest BCUT2D eigenvalue weighted by molar-refractivity contribution is 4.91. The van der Waals surface area contributed by atoms with E-state index in [0.717, 1.165) is 6.04 Å². The van der Waals surface area contributed by atoms with Gasteiger partial charge in [0.25, 0.3) is 0 Å². The normalized spacial score (nSPS) is 31.9. The Morgan fingerprint density at radius 1 is 1.00 bits per heavy atom. The van der Waals surface area contributed by atoms with E-state index in [0.29, 0.717) is 5.41 Å². The van der Waals surface area contributed by atoms with Gasteiger partial charge in [-0.1, -0.05) is 25.7 Å². The fraction of sp³-hybridized carbons (Fsp3) is 1.00. The lowest BCUT2D eigenvalue weighted by molar-refractivity contribution is 0.0164. The molecule has 2 saturated heterocycles. The summed E-state index contributed by atoms with van der Waals surface area (Å²) < 4.78 is 0. The first-order chi connectivity index (χ1) is 9.81. The maximum absolute atomic E-state index is 3.49. The Labute approximate surface area is 125 Å². The van der Waals surface area contributed by atoms with Gasteiger partial charge in [0.15, 0.2) is 0 Å². The molecule has 0 radical (unpaired) electrons. The average molecular weight is 279 g/mol. The Bertz CT molecular complexity index is 293.